The van der Waals surface area contributed by atoms with Gasteiger partial charge in [-0.05, 0) is 30.7 Å². The number of benzene rings is 2. The topological polar surface area (TPSA) is 59.8 Å². The molecule has 0 bridgehead atoms. The lowest BCUT2D eigenvalue weighted by Gasteiger charge is -2.15. The molecule has 0 spiro atoms. The first-order valence-corrected chi connectivity index (χ1v) is 9.01. The molecule has 25 heavy (non-hydrogen) atoms. The van der Waals surface area contributed by atoms with Gasteiger partial charge in [0.2, 0.25) is 5.91 Å². The molecule has 0 fully saturated rings. The van der Waals surface area contributed by atoms with Gasteiger partial charge in [0, 0.05) is 10.6 Å². The van der Waals surface area contributed by atoms with Crippen molar-refractivity contribution in [3.05, 3.63) is 71.8 Å². The Bertz CT molecular complexity index is 854. The fourth-order valence-corrected chi connectivity index (χ4v) is 3.44. The Balaban J connectivity index is 1.69. The van der Waals surface area contributed by atoms with Gasteiger partial charge in [-0.1, -0.05) is 41.9 Å². The lowest BCUT2D eigenvalue weighted by atomic mass is 10.1. The van der Waals surface area contributed by atoms with Gasteiger partial charge in [-0.3, -0.25) is 4.79 Å². The molecule has 1 heterocycles. The van der Waals surface area contributed by atoms with E-state index < -0.39 is 0 Å². The first-order chi connectivity index (χ1) is 12.1. The minimum atomic E-state index is -0.278. The Morgan fingerprint density at radius 1 is 1.24 bits per heavy atom. The fraction of sp³-hybridized carbons (Fsp3) is 0.167. The number of aromatic nitrogens is 3. The number of carbonyl (C=O) groups excluding carboxylic acids is 1. The molecule has 0 saturated carbocycles. The standard InChI is InChI=1S/C18H17ClN4OS/c1-13(25-17-9-5-3-7-15(17)19)18(24)22-16-8-4-2-6-14(16)10-23-12-20-11-21-23/h2-9,11-13H,10H2,1H3,(H,22,24). The van der Waals surface area contributed by atoms with Gasteiger partial charge >= 0.3 is 0 Å². The third-order valence-electron chi connectivity index (χ3n) is 3.58. The number of nitrogens with zero attached hydrogens (tertiary/aromatic N) is 3. The molecule has 1 amide bonds. The molecule has 1 unspecified atom stereocenters. The molecular formula is C18H17ClN4OS. The molecule has 0 radical (unpaired) electrons. The van der Waals surface area contributed by atoms with E-state index in [0.29, 0.717) is 11.6 Å². The van der Waals surface area contributed by atoms with Crippen LogP contribution in [0.2, 0.25) is 5.02 Å². The van der Waals surface area contributed by atoms with Crippen molar-refractivity contribution in [3.8, 4) is 0 Å². The van der Waals surface area contributed by atoms with Crippen molar-refractivity contribution in [3.63, 3.8) is 0 Å². The smallest absolute Gasteiger partial charge is 0.237 e. The Hall–Kier alpha value is -2.31. The highest BCUT2D eigenvalue weighted by Crippen LogP contribution is 2.30. The van der Waals surface area contributed by atoms with Gasteiger partial charge in [-0.2, -0.15) is 5.10 Å². The number of rotatable bonds is 6. The summed E-state index contributed by atoms with van der Waals surface area (Å²) in [5.41, 5.74) is 1.74. The summed E-state index contributed by atoms with van der Waals surface area (Å²) in [7, 11) is 0. The summed E-state index contributed by atoms with van der Waals surface area (Å²) in [5, 5.41) is 7.48. The average molecular weight is 373 g/mol. The fourth-order valence-electron chi connectivity index (χ4n) is 2.29. The van der Waals surface area contributed by atoms with Crippen LogP contribution in [0.3, 0.4) is 0 Å². The summed E-state index contributed by atoms with van der Waals surface area (Å²) in [6.07, 6.45) is 3.14. The summed E-state index contributed by atoms with van der Waals surface area (Å²) in [6.45, 7) is 2.41. The maximum atomic E-state index is 12.6. The third kappa shape index (κ3) is 4.61. The number of nitrogens with one attached hydrogen (secondary N) is 1. The van der Waals surface area contributed by atoms with E-state index in [2.05, 4.69) is 15.4 Å². The minimum absolute atomic E-state index is 0.0732. The molecule has 1 atom stereocenters. The molecule has 1 N–H and O–H groups in total. The van der Waals surface area contributed by atoms with Crippen LogP contribution in [0.1, 0.15) is 12.5 Å². The highest BCUT2D eigenvalue weighted by molar-refractivity contribution is 8.00. The highest BCUT2D eigenvalue weighted by Gasteiger charge is 2.17. The van der Waals surface area contributed by atoms with Crippen LogP contribution in [0.5, 0.6) is 0 Å². The van der Waals surface area contributed by atoms with Crippen LogP contribution in [0.4, 0.5) is 5.69 Å². The molecule has 0 aliphatic carbocycles. The number of amides is 1. The zero-order valence-electron chi connectivity index (χ0n) is 13.6. The number of hydrogen-bond donors (Lipinski definition) is 1. The highest BCUT2D eigenvalue weighted by atomic mass is 35.5. The summed E-state index contributed by atoms with van der Waals surface area (Å²) >= 11 is 7.61. The normalized spacial score (nSPS) is 11.9. The molecule has 1 aromatic heterocycles. The van der Waals surface area contributed by atoms with Gasteiger partial charge in [-0.15, -0.1) is 11.8 Å². The van der Waals surface area contributed by atoms with Gasteiger partial charge in [0.1, 0.15) is 12.7 Å². The Morgan fingerprint density at radius 3 is 2.76 bits per heavy atom. The van der Waals surface area contributed by atoms with Crippen molar-refractivity contribution < 1.29 is 4.79 Å². The Kier molecular flexibility index (Phi) is 5.73. The van der Waals surface area contributed by atoms with Crippen molar-refractivity contribution in [2.45, 2.75) is 23.6 Å². The van der Waals surface area contributed by atoms with Gasteiger partial charge in [0.05, 0.1) is 16.8 Å². The van der Waals surface area contributed by atoms with E-state index in [9.17, 15) is 4.79 Å². The van der Waals surface area contributed by atoms with E-state index in [0.717, 1.165) is 16.1 Å². The molecule has 2 aromatic carbocycles. The quantitative estimate of drug-likeness (QED) is 0.662. The second kappa shape index (κ2) is 8.18. The molecule has 7 heteroatoms. The number of hydrogen-bond acceptors (Lipinski definition) is 4. The summed E-state index contributed by atoms with van der Waals surface area (Å²) in [6, 6.07) is 15.2. The summed E-state index contributed by atoms with van der Waals surface area (Å²) in [4.78, 5) is 17.4. The molecule has 3 rings (SSSR count). The summed E-state index contributed by atoms with van der Waals surface area (Å²) < 4.78 is 1.72. The van der Waals surface area contributed by atoms with Crippen molar-refractivity contribution in [1.82, 2.24) is 14.8 Å². The number of halogens is 1. The molecule has 128 valence electrons. The zero-order valence-corrected chi connectivity index (χ0v) is 15.2. The predicted molar refractivity (Wildman–Crippen MR) is 101 cm³/mol. The van der Waals surface area contributed by atoms with Crippen LogP contribution in [-0.4, -0.2) is 25.9 Å². The molecular weight excluding hydrogens is 356 g/mol. The number of para-hydroxylation sites is 1. The van der Waals surface area contributed by atoms with Crippen molar-refractivity contribution in [2.75, 3.05) is 5.32 Å². The van der Waals surface area contributed by atoms with Crippen LogP contribution in [0.25, 0.3) is 0 Å². The number of thioether (sulfide) groups is 1. The summed E-state index contributed by atoms with van der Waals surface area (Å²) in [5.74, 6) is -0.0732. The van der Waals surface area contributed by atoms with Gasteiger partial charge in [0.25, 0.3) is 0 Å². The molecule has 0 saturated heterocycles. The first-order valence-electron chi connectivity index (χ1n) is 7.76. The molecule has 5 nitrogen and oxygen atoms in total. The van der Waals surface area contributed by atoms with Crippen molar-refractivity contribution in [2.24, 2.45) is 0 Å². The molecule has 3 aromatic rings. The monoisotopic (exact) mass is 372 g/mol. The largest absolute Gasteiger partial charge is 0.325 e. The second-order valence-corrected chi connectivity index (χ2v) is 7.22. The van der Waals surface area contributed by atoms with E-state index in [1.54, 1.807) is 11.0 Å². The van der Waals surface area contributed by atoms with Crippen LogP contribution in [0, 0.1) is 0 Å². The maximum absolute atomic E-state index is 12.6. The van der Waals surface area contributed by atoms with Crippen LogP contribution in [-0.2, 0) is 11.3 Å². The predicted octanol–water partition coefficient (Wildman–Crippen LogP) is 4.10. The van der Waals surface area contributed by atoms with Crippen LogP contribution in [0.15, 0.2) is 66.1 Å². The van der Waals surface area contributed by atoms with Crippen molar-refractivity contribution >= 4 is 35.0 Å². The van der Waals surface area contributed by atoms with Gasteiger partial charge < -0.3 is 5.32 Å². The van der Waals surface area contributed by atoms with E-state index >= 15 is 0 Å². The third-order valence-corrected chi connectivity index (χ3v) is 5.20. The number of carbonyl (C=O) groups is 1. The average Bonchev–Trinajstić information content (AvgIpc) is 3.11. The van der Waals surface area contributed by atoms with E-state index in [1.807, 2.05) is 55.5 Å². The Morgan fingerprint density at radius 2 is 2.00 bits per heavy atom. The zero-order chi connectivity index (χ0) is 17.6. The van der Waals surface area contributed by atoms with E-state index in [1.165, 1.54) is 18.1 Å². The van der Waals surface area contributed by atoms with Crippen LogP contribution < -0.4 is 5.32 Å². The second-order valence-electron chi connectivity index (χ2n) is 5.43. The maximum Gasteiger partial charge on any atom is 0.237 e. The van der Waals surface area contributed by atoms with E-state index in [4.69, 9.17) is 11.6 Å². The molecule has 0 aliphatic rings. The Labute approximate surface area is 155 Å². The first kappa shape index (κ1) is 17.5. The van der Waals surface area contributed by atoms with E-state index in [-0.39, 0.29) is 11.2 Å². The lowest BCUT2D eigenvalue weighted by molar-refractivity contribution is -0.115. The van der Waals surface area contributed by atoms with Gasteiger partial charge in [0.15, 0.2) is 0 Å². The molecule has 0 aliphatic heterocycles. The van der Waals surface area contributed by atoms with Crippen LogP contribution >= 0.6 is 23.4 Å². The number of anilines is 1. The lowest BCUT2D eigenvalue weighted by Crippen LogP contribution is -2.23. The van der Waals surface area contributed by atoms with Crippen molar-refractivity contribution in [1.29, 1.82) is 0 Å². The minimum Gasteiger partial charge on any atom is -0.325 e. The van der Waals surface area contributed by atoms with Gasteiger partial charge in [-0.25, -0.2) is 9.67 Å². The SMILES string of the molecule is CC(Sc1ccccc1Cl)C(=O)Nc1ccccc1Cn1cncn1.